The van der Waals surface area contributed by atoms with E-state index < -0.39 is 0 Å². The van der Waals surface area contributed by atoms with Gasteiger partial charge in [-0.3, -0.25) is 4.79 Å². The maximum Gasteiger partial charge on any atom is 0.198 e. The fraction of sp³-hybridized carbons (Fsp3) is 0.100. The maximum absolute atomic E-state index is 11.6. The minimum Gasteiger partial charge on any atom is -0.375 e. The van der Waals surface area contributed by atoms with Gasteiger partial charge in [-0.1, -0.05) is 24.4 Å². The van der Waals surface area contributed by atoms with E-state index in [1.165, 1.54) is 23.1 Å². The highest BCUT2D eigenvalue weighted by molar-refractivity contribution is 8.07. The zero-order valence-corrected chi connectivity index (χ0v) is 9.08. The van der Waals surface area contributed by atoms with E-state index in [1.54, 1.807) is 6.08 Å². The van der Waals surface area contributed by atoms with Gasteiger partial charge in [0.05, 0.1) is 9.91 Å². The summed E-state index contributed by atoms with van der Waals surface area (Å²) >= 11 is 2.99. The number of carbonyl (C=O) groups is 1. The van der Waals surface area contributed by atoms with Gasteiger partial charge in [-0.05, 0) is 11.4 Å². The SMILES string of the molecule is C=C1CN/C(=C\C(=O)c2cccs2)S1. The molecule has 2 heterocycles. The van der Waals surface area contributed by atoms with Crippen molar-refractivity contribution in [3.8, 4) is 0 Å². The Morgan fingerprint density at radius 3 is 3.07 bits per heavy atom. The lowest BCUT2D eigenvalue weighted by Gasteiger charge is -1.94. The molecule has 2 nitrogen and oxygen atoms in total. The summed E-state index contributed by atoms with van der Waals surface area (Å²) < 4.78 is 0. The molecular weight excluding hydrogens is 214 g/mol. The van der Waals surface area contributed by atoms with Crippen molar-refractivity contribution in [2.45, 2.75) is 0 Å². The minimum absolute atomic E-state index is 0.0599. The van der Waals surface area contributed by atoms with E-state index in [1.807, 2.05) is 17.5 Å². The Morgan fingerprint density at radius 1 is 1.64 bits per heavy atom. The molecule has 1 saturated heterocycles. The standard InChI is InChI=1S/C10H9NOS2/c1-7-6-11-10(14-7)5-8(12)9-3-2-4-13-9/h2-5,11H,1,6H2/b10-5+. The molecule has 0 aromatic carbocycles. The first-order valence-electron chi connectivity index (χ1n) is 4.15. The van der Waals surface area contributed by atoms with Crippen LogP contribution in [0.4, 0.5) is 0 Å². The highest BCUT2D eigenvalue weighted by atomic mass is 32.2. The third-order valence-corrected chi connectivity index (χ3v) is 3.54. The number of thioether (sulfide) groups is 1. The second-order valence-corrected chi connectivity index (χ2v) is 5.01. The maximum atomic E-state index is 11.6. The van der Waals surface area contributed by atoms with Crippen LogP contribution in [0.2, 0.25) is 0 Å². The van der Waals surface area contributed by atoms with E-state index in [-0.39, 0.29) is 5.78 Å². The molecule has 14 heavy (non-hydrogen) atoms. The van der Waals surface area contributed by atoms with Crippen molar-refractivity contribution in [3.63, 3.8) is 0 Å². The minimum atomic E-state index is 0.0599. The Balaban J connectivity index is 2.11. The van der Waals surface area contributed by atoms with E-state index >= 15 is 0 Å². The zero-order chi connectivity index (χ0) is 9.97. The number of ketones is 1. The van der Waals surface area contributed by atoms with Crippen molar-refractivity contribution in [3.05, 3.63) is 45.0 Å². The Hall–Kier alpha value is -1.000. The van der Waals surface area contributed by atoms with Crippen LogP contribution >= 0.6 is 23.1 Å². The fourth-order valence-electron chi connectivity index (χ4n) is 1.10. The zero-order valence-electron chi connectivity index (χ0n) is 7.45. The molecule has 0 amide bonds. The van der Waals surface area contributed by atoms with Crippen LogP contribution in [0, 0.1) is 0 Å². The second-order valence-electron chi connectivity index (χ2n) is 2.84. The summed E-state index contributed by atoms with van der Waals surface area (Å²) in [6.07, 6.45) is 1.63. The summed E-state index contributed by atoms with van der Waals surface area (Å²) in [5.41, 5.74) is 0. The number of allylic oxidation sites excluding steroid dienone is 1. The first kappa shape index (κ1) is 9.55. The number of nitrogens with one attached hydrogen (secondary N) is 1. The average Bonchev–Trinajstić information content (AvgIpc) is 2.75. The van der Waals surface area contributed by atoms with Crippen molar-refractivity contribution >= 4 is 28.9 Å². The van der Waals surface area contributed by atoms with Gasteiger partial charge in [0.1, 0.15) is 0 Å². The van der Waals surface area contributed by atoms with Crippen LogP contribution in [0.15, 0.2) is 40.1 Å². The smallest absolute Gasteiger partial charge is 0.198 e. The molecule has 72 valence electrons. The largest absolute Gasteiger partial charge is 0.375 e. The number of hydrogen-bond acceptors (Lipinski definition) is 4. The summed E-state index contributed by atoms with van der Waals surface area (Å²) in [5, 5.41) is 5.91. The van der Waals surface area contributed by atoms with Crippen LogP contribution in [-0.4, -0.2) is 12.3 Å². The quantitative estimate of drug-likeness (QED) is 0.617. The van der Waals surface area contributed by atoms with Crippen molar-refractivity contribution in [1.29, 1.82) is 0 Å². The first-order valence-corrected chi connectivity index (χ1v) is 5.84. The van der Waals surface area contributed by atoms with Gasteiger partial charge in [-0.2, -0.15) is 0 Å². The summed E-state index contributed by atoms with van der Waals surface area (Å²) in [4.78, 5) is 13.4. The molecule has 0 aliphatic carbocycles. The number of thiophene rings is 1. The predicted molar refractivity (Wildman–Crippen MR) is 61.5 cm³/mol. The Labute approximate surface area is 90.7 Å². The second kappa shape index (κ2) is 4.02. The van der Waals surface area contributed by atoms with Crippen LogP contribution in [0.3, 0.4) is 0 Å². The third kappa shape index (κ3) is 2.08. The van der Waals surface area contributed by atoms with Gasteiger partial charge in [0, 0.05) is 17.5 Å². The molecule has 0 bridgehead atoms. The lowest BCUT2D eigenvalue weighted by molar-refractivity contribution is 0.105. The number of hydrogen-bond donors (Lipinski definition) is 1. The van der Waals surface area contributed by atoms with Crippen molar-refractivity contribution in [2.24, 2.45) is 0 Å². The molecule has 1 aliphatic heterocycles. The van der Waals surface area contributed by atoms with Crippen LogP contribution < -0.4 is 5.32 Å². The summed E-state index contributed by atoms with van der Waals surface area (Å²) in [5.74, 6) is 0.0599. The van der Waals surface area contributed by atoms with E-state index in [0.717, 1.165) is 21.4 Å². The molecule has 1 aliphatic rings. The molecule has 0 atom stereocenters. The van der Waals surface area contributed by atoms with Gasteiger partial charge in [0.15, 0.2) is 5.78 Å². The van der Waals surface area contributed by atoms with E-state index in [0.29, 0.717) is 0 Å². The lowest BCUT2D eigenvalue weighted by Crippen LogP contribution is -2.05. The summed E-state index contributed by atoms with van der Waals surface area (Å²) in [6, 6.07) is 3.71. The predicted octanol–water partition coefficient (Wildman–Crippen LogP) is 2.62. The van der Waals surface area contributed by atoms with E-state index in [2.05, 4.69) is 11.9 Å². The molecule has 0 radical (unpaired) electrons. The van der Waals surface area contributed by atoms with E-state index in [9.17, 15) is 4.79 Å². The monoisotopic (exact) mass is 223 g/mol. The molecule has 2 rings (SSSR count). The van der Waals surface area contributed by atoms with Crippen LogP contribution in [-0.2, 0) is 0 Å². The van der Waals surface area contributed by atoms with Crippen molar-refractivity contribution in [2.75, 3.05) is 6.54 Å². The van der Waals surface area contributed by atoms with Gasteiger partial charge < -0.3 is 5.32 Å². The Morgan fingerprint density at radius 2 is 2.50 bits per heavy atom. The van der Waals surface area contributed by atoms with Gasteiger partial charge >= 0.3 is 0 Å². The molecule has 1 aromatic heterocycles. The van der Waals surface area contributed by atoms with Gasteiger partial charge in [0.25, 0.3) is 0 Å². The highest BCUT2D eigenvalue weighted by Gasteiger charge is 2.12. The first-order chi connectivity index (χ1) is 6.75. The highest BCUT2D eigenvalue weighted by Crippen LogP contribution is 2.28. The molecule has 0 saturated carbocycles. The average molecular weight is 223 g/mol. The number of rotatable bonds is 2. The van der Waals surface area contributed by atoms with Crippen molar-refractivity contribution < 1.29 is 4.79 Å². The van der Waals surface area contributed by atoms with Crippen LogP contribution in [0.25, 0.3) is 0 Å². The molecule has 4 heteroatoms. The lowest BCUT2D eigenvalue weighted by atomic mass is 10.3. The molecule has 0 spiro atoms. The number of carbonyl (C=O) groups excluding carboxylic acids is 1. The Kier molecular flexibility index (Phi) is 2.74. The van der Waals surface area contributed by atoms with Gasteiger partial charge in [-0.25, -0.2) is 0 Å². The van der Waals surface area contributed by atoms with Gasteiger partial charge in [-0.15, -0.1) is 11.3 Å². The molecular formula is C10H9NOS2. The van der Waals surface area contributed by atoms with Crippen molar-refractivity contribution in [1.82, 2.24) is 5.32 Å². The molecule has 1 N–H and O–H groups in total. The molecule has 0 unspecified atom stereocenters. The van der Waals surface area contributed by atoms with Gasteiger partial charge in [0.2, 0.25) is 0 Å². The topological polar surface area (TPSA) is 29.1 Å². The summed E-state index contributed by atoms with van der Waals surface area (Å²) in [6.45, 7) is 4.58. The van der Waals surface area contributed by atoms with E-state index in [4.69, 9.17) is 0 Å². The molecule has 1 fully saturated rings. The normalized spacial score (nSPS) is 18.6. The summed E-state index contributed by atoms with van der Waals surface area (Å²) in [7, 11) is 0. The third-order valence-electron chi connectivity index (χ3n) is 1.74. The fourth-order valence-corrected chi connectivity index (χ4v) is 2.50. The Bertz CT molecular complexity index is 392. The van der Waals surface area contributed by atoms with Crippen LogP contribution in [0.1, 0.15) is 9.67 Å². The molecule has 1 aromatic rings. The van der Waals surface area contributed by atoms with Crippen LogP contribution in [0.5, 0.6) is 0 Å².